The molecule has 2 aromatic rings. The molecule has 1 aromatic carbocycles. The Hall–Kier alpha value is -2.47. The van der Waals surface area contributed by atoms with E-state index >= 15 is 0 Å². The highest BCUT2D eigenvalue weighted by Crippen LogP contribution is 2.26. The van der Waals surface area contributed by atoms with Crippen molar-refractivity contribution in [2.75, 3.05) is 17.2 Å². The third-order valence-electron chi connectivity index (χ3n) is 3.23. The number of benzene rings is 1. The maximum Gasteiger partial charge on any atom is 0.319 e. The Morgan fingerprint density at radius 2 is 2.00 bits per heavy atom. The molecule has 0 atom stereocenters. The maximum atomic E-state index is 11.9. The molecule has 3 N–H and O–H groups in total. The predicted molar refractivity (Wildman–Crippen MR) is 94.6 cm³/mol. The zero-order chi connectivity index (χ0) is 17.5. The molecule has 1 heterocycles. The van der Waals surface area contributed by atoms with Crippen LogP contribution in [0, 0.1) is 5.92 Å². The first-order valence-electron chi connectivity index (χ1n) is 7.65. The van der Waals surface area contributed by atoms with Gasteiger partial charge in [0.15, 0.2) is 5.76 Å². The smallest absolute Gasteiger partial charge is 0.319 e. The molecule has 0 radical (unpaired) electrons. The number of rotatable bonds is 6. The van der Waals surface area contributed by atoms with E-state index in [0.29, 0.717) is 28.9 Å². The predicted octanol–water partition coefficient (Wildman–Crippen LogP) is 4.35. The average Bonchev–Trinajstić information content (AvgIpc) is 3.04. The van der Waals surface area contributed by atoms with Crippen LogP contribution < -0.4 is 16.0 Å². The van der Waals surface area contributed by atoms with Gasteiger partial charge >= 0.3 is 6.03 Å². The second kappa shape index (κ2) is 8.40. The highest BCUT2D eigenvalue weighted by molar-refractivity contribution is 6.34. The van der Waals surface area contributed by atoms with E-state index in [-0.39, 0.29) is 11.8 Å². The summed E-state index contributed by atoms with van der Waals surface area (Å²) in [7, 11) is 0. The minimum Gasteiger partial charge on any atom is -0.459 e. The summed E-state index contributed by atoms with van der Waals surface area (Å²) in [5.74, 6) is 0.323. The highest BCUT2D eigenvalue weighted by atomic mass is 35.5. The standard InChI is InChI=1S/C17H20ClN3O3/c1-11(2)7-8-19-17(23)20-12-5-6-14(13(18)10-12)21-16(22)15-4-3-9-24-15/h3-6,9-11H,7-8H2,1-2H3,(H,21,22)(H2,19,20,23). The van der Waals surface area contributed by atoms with E-state index in [0.717, 1.165) is 6.42 Å². The normalized spacial score (nSPS) is 10.5. The Bertz CT molecular complexity index is 699. The van der Waals surface area contributed by atoms with Crippen molar-refractivity contribution in [1.29, 1.82) is 0 Å². The molecule has 6 nitrogen and oxygen atoms in total. The van der Waals surface area contributed by atoms with Crippen molar-refractivity contribution in [2.24, 2.45) is 5.92 Å². The number of halogens is 1. The van der Waals surface area contributed by atoms with Crippen molar-refractivity contribution in [3.63, 3.8) is 0 Å². The van der Waals surface area contributed by atoms with Crippen LogP contribution in [0.15, 0.2) is 41.0 Å². The Labute approximate surface area is 145 Å². The SMILES string of the molecule is CC(C)CCNC(=O)Nc1ccc(NC(=O)c2ccco2)c(Cl)c1. The first-order chi connectivity index (χ1) is 11.5. The molecule has 0 spiro atoms. The lowest BCUT2D eigenvalue weighted by molar-refractivity contribution is 0.0996. The van der Waals surface area contributed by atoms with E-state index in [2.05, 4.69) is 29.8 Å². The van der Waals surface area contributed by atoms with E-state index in [1.807, 2.05) is 0 Å². The van der Waals surface area contributed by atoms with Crippen LogP contribution in [0.5, 0.6) is 0 Å². The van der Waals surface area contributed by atoms with Gasteiger partial charge in [0.25, 0.3) is 5.91 Å². The van der Waals surface area contributed by atoms with Crippen LogP contribution in [0.4, 0.5) is 16.2 Å². The molecule has 0 saturated heterocycles. The third kappa shape index (κ3) is 5.31. The van der Waals surface area contributed by atoms with Crippen molar-refractivity contribution in [1.82, 2.24) is 5.32 Å². The van der Waals surface area contributed by atoms with Crippen LogP contribution in [0.2, 0.25) is 5.02 Å². The van der Waals surface area contributed by atoms with Gasteiger partial charge in [-0.2, -0.15) is 0 Å². The fourth-order valence-corrected chi connectivity index (χ4v) is 2.16. The summed E-state index contributed by atoms with van der Waals surface area (Å²) >= 11 is 6.15. The second-order valence-corrected chi connectivity index (χ2v) is 6.10. The van der Waals surface area contributed by atoms with Crippen molar-refractivity contribution >= 4 is 34.9 Å². The highest BCUT2D eigenvalue weighted by Gasteiger charge is 2.11. The molecule has 1 aromatic heterocycles. The molecule has 0 unspecified atom stereocenters. The lowest BCUT2D eigenvalue weighted by atomic mass is 10.1. The van der Waals surface area contributed by atoms with E-state index in [1.54, 1.807) is 30.3 Å². The number of anilines is 2. The van der Waals surface area contributed by atoms with Gasteiger partial charge in [0, 0.05) is 12.2 Å². The van der Waals surface area contributed by atoms with Gasteiger partial charge in [-0.15, -0.1) is 0 Å². The number of nitrogens with one attached hydrogen (secondary N) is 3. The fraction of sp³-hybridized carbons (Fsp3) is 0.294. The van der Waals surface area contributed by atoms with E-state index in [4.69, 9.17) is 16.0 Å². The Morgan fingerprint density at radius 1 is 1.21 bits per heavy atom. The molecule has 0 aliphatic rings. The molecular formula is C17H20ClN3O3. The van der Waals surface area contributed by atoms with E-state index < -0.39 is 5.91 Å². The second-order valence-electron chi connectivity index (χ2n) is 5.69. The summed E-state index contributed by atoms with van der Waals surface area (Å²) < 4.78 is 5.02. The van der Waals surface area contributed by atoms with Crippen LogP contribution in [0.1, 0.15) is 30.8 Å². The number of urea groups is 1. The lowest BCUT2D eigenvalue weighted by Crippen LogP contribution is -2.30. The number of hydrogen-bond donors (Lipinski definition) is 3. The molecular weight excluding hydrogens is 330 g/mol. The molecule has 0 fully saturated rings. The van der Waals surface area contributed by atoms with Gasteiger partial charge in [-0.3, -0.25) is 4.79 Å². The summed E-state index contributed by atoms with van der Waals surface area (Å²) in [6.45, 7) is 4.79. The molecule has 24 heavy (non-hydrogen) atoms. The van der Waals surface area contributed by atoms with Crippen molar-refractivity contribution in [3.8, 4) is 0 Å². The number of carbonyl (C=O) groups excluding carboxylic acids is 2. The number of hydrogen-bond acceptors (Lipinski definition) is 3. The molecule has 0 aliphatic carbocycles. The lowest BCUT2D eigenvalue weighted by Gasteiger charge is -2.11. The van der Waals surface area contributed by atoms with Gasteiger partial charge in [-0.25, -0.2) is 4.79 Å². The number of carbonyl (C=O) groups is 2. The maximum absolute atomic E-state index is 11.9. The van der Waals surface area contributed by atoms with Crippen molar-refractivity contribution in [2.45, 2.75) is 20.3 Å². The van der Waals surface area contributed by atoms with Gasteiger partial charge in [0.2, 0.25) is 0 Å². The summed E-state index contributed by atoms with van der Waals surface area (Å²) in [5, 5.41) is 8.43. The third-order valence-corrected chi connectivity index (χ3v) is 3.54. The van der Waals surface area contributed by atoms with E-state index in [9.17, 15) is 9.59 Å². The van der Waals surface area contributed by atoms with Gasteiger partial charge in [-0.1, -0.05) is 25.4 Å². The van der Waals surface area contributed by atoms with Crippen LogP contribution in [0.25, 0.3) is 0 Å². The van der Waals surface area contributed by atoms with Gasteiger partial charge < -0.3 is 20.4 Å². The van der Waals surface area contributed by atoms with E-state index in [1.165, 1.54) is 6.26 Å². The summed E-state index contributed by atoms with van der Waals surface area (Å²) in [5.41, 5.74) is 0.974. The van der Waals surface area contributed by atoms with Gasteiger partial charge in [0.05, 0.1) is 17.0 Å². The largest absolute Gasteiger partial charge is 0.459 e. The molecule has 128 valence electrons. The Kier molecular flexibility index (Phi) is 6.26. The Morgan fingerprint density at radius 3 is 2.62 bits per heavy atom. The molecule has 3 amide bonds. The first-order valence-corrected chi connectivity index (χ1v) is 8.02. The van der Waals surface area contributed by atoms with Crippen LogP contribution in [-0.4, -0.2) is 18.5 Å². The van der Waals surface area contributed by atoms with Crippen LogP contribution in [-0.2, 0) is 0 Å². The number of furan rings is 1. The van der Waals surface area contributed by atoms with Crippen molar-refractivity contribution in [3.05, 3.63) is 47.4 Å². The zero-order valence-electron chi connectivity index (χ0n) is 13.6. The summed E-state index contributed by atoms with van der Waals surface area (Å²) in [6, 6.07) is 7.74. The summed E-state index contributed by atoms with van der Waals surface area (Å²) in [4.78, 5) is 23.7. The van der Waals surface area contributed by atoms with Gasteiger partial charge in [-0.05, 0) is 42.7 Å². The molecule has 0 saturated carbocycles. The summed E-state index contributed by atoms with van der Waals surface area (Å²) in [6.07, 6.45) is 2.33. The topological polar surface area (TPSA) is 83.4 Å². The first kappa shape index (κ1) is 17.9. The van der Waals surface area contributed by atoms with Crippen LogP contribution in [0.3, 0.4) is 0 Å². The zero-order valence-corrected chi connectivity index (χ0v) is 14.3. The van der Waals surface area contributed by atoms with Crippen molar-refractivity contribution < 1.29 is 14.0 Å². The molecule has 0 aliphatic heterocycles. The monoisotopic (exact) mass is 349 g/mol. The molecule has 7 heteroatoms. The number of amides is 3. The minimum atomic E-state index is -0.394. The van der Waals surface area contributed by atoms with Crippen LogP contribution >= 0.6 is 11.6 Å². The molecule has 0 bridgehead atoms. The fourth-order valence-electron chi connectivity index (χ4n) is 1.94. The molecule has 2 rings (SSSR count). The average molecular weight is 350 g/mol. The Balaban J connectivity index is 1.92. The minimum absolute atomic E-state index is 0.192. The quantitative estimate of drug-likeness (QED) is 0.724. The van der Waals surface area contributed by atoms with Gasteiger partial charge in [0.1, 0.15) is 0 Å².